The van der Waals surface area contributed by atoms with Crippen LogP contribution >= 0.6 is 0 Å². The molecule has 3 nitrogen and oxygen atoms in total. The number of fused-ring (bicyclic) bond motifs is 1. The van der Waals surface area contributed by atoms with E-state index in [-0.39, 0.29) is 0 Å². The van der Waals surface area contributed by atoms with E-state index in [4.69, 9.17) is 9.72 Å². The van der Waals surface area contributed by atoms with Gasteiger partial charge in [0.05, 0.1) is 12.6 Å². The molecule has 2 rings (SSSR count). The van der Waals surface area contributed by atoms with Gasteiger partial charge >= 0.3 is 0 Å². The summed E-state index contributed by atoms with van der Waals surface area (Å²) in [5.41, 5.74) is 2.12. The number of aromatic nitrogens is 2. The lowest BCUT2D eigenvalue weighted by Gasteiger charge is -2.10. The van der Waals surface area contributed by atoms with Gasteiger partial charge in [-0.05, 0) is 18.6 Å². The molecule has 0 fully saturated rings. The Morgan fingerprint density at radius 2 is 2.17 bits per heavy atom. The second-order valence-corrected chi connectivity index (χ2v) is 4.90. The third kappa shape index (κ3) is 2.22. The molecule has 1 aromatic heterocycles. The minimum absolute atomic E-state index is 0.493. The van der Waals surface area contributed by atoms with Gasteiger partial charge < -0.3 is 9.30 Å². The maximum absolute atomic E-state index is 5.38. The SMILES string of the molecule is CCCC[C@H](C)c1nc2c(OC)cccc2n1C. The molecular weight excluding hydrogens is 224 g/mol. The summed E-state index contributed by atoms with van der Waals surface area (Å²) in [5, 5.41) is 0. The molecule has 0 aliphatic heterocycles. The van der Waals surface area contributed by atoms with Crippen molar-refractivity contribution in [2.45, 2.75) is 39.0 Å². The molecule has 0 spiro atoms. The molecule has 0 bridgehead atoms. The number of nitrogens with zero attached hydrogens (tertiary/aromatic N) is 2. The first-order chi connectivity index (χ1) is 8.69. The van der Waals surface area contributed by atoms with Crippen LogP contribution in [-0.2, 0) is 7.05 Å². The summed E-state index contributed by atoms with van der Waals surface area (Å²) in [6, 6.07) is 6.08. The van der Waals surface area contributed by atoms with Crippen molar-refractivity contribution in [3.8, 4) is 5.75 Å². The second-order valence-electron chi connectivity index (χ2n) is 4.90. The number of para-hydroxylation sites is 1. The Kier molecular flexibility index (Phi) is 3.90. The van der Waals surface area contributed by atoms with Crippen LogP contribution < -0.4 is 4.74 Å². The van der Waals surface area contributed by atoms with Gasteiger partial charge in [0.15, 0.2) is 0 Å². The summed E-state index contributed by atoms with van der Waals surface area (Å²) in [6.45, 7) is 4.48. The maximum Gasteiger partial charge on any atom is 0.146 e. The van der Waals surface area contributed by atoms with Crippen LogP contribution in [0.15, 0.2) is 18.2 Å². The molecule has 0 amide bonds. The van der Waals surface area contributed by atoms with Crippen molar-refractivity contribution >= 4 is 11.0 Å². The second kappa shape index (κ2) is 5.42. The first kappa shape index (κ1) is 12.9. The number of hydrogen-bond acceptors (Lipinski definition) is 2. The maximum atomic E-state index is 5.38. The highest BCUT2D eigenvalue weighted by atomic mass is 16.5. The van der Waals surface area contributed by atoms with Crippen molar-refractivity contribution < 1.29 is 4.74 Å². The summed E-state index contributed by atoms with van der Waals surface area (Å²) in [6.07, 6.45) is 3.68. The van der Waals surface area contributed by atoms with Gasteiger partial charge in [-0.15, -0.1) is 0 Å². The topological polar surface area (TPSA) is 27.1 Å². The predicted molar refractivity (Wildman–Crippen MR) is 75.2 cm³/mol. The quantitative estimate of drug-likeness (QED) is 0.800. The highest BCUT2D eigenvalue weighted by Gasteiger charge is 2.16. The summed E-state index contributed by atoms with van der Waals surface area (Å²) < 4.78 is 7.57. The van der Waals surface area contributed by atoms with E-state index in [9.17, 15) is 0 Å². The third-order valence-corrected chi connectivity index (χ3v) is 3.56. The van der Waals surface area contributed by atoms with Gasteiger partial charge in [-0.1, -0.05) is 32.8 Å². The number of unbranched alkanes of at least 4 members (excludes halogenated alkanes) is 1. The van der Waals surface area contributed by atoms with Gasteiger partial charge in [-0.25, -0.2) is 4.98 Å². The average molecular weight is 246 g/mol. The van der Waals surface area contributed by atoms with Gasteiger partial charge in [0.2, 0.25) is 0 Å². The largest absolute Gasteiger partial charge is 0.494 e. The normalized spacial score (nSPS) is 12.9. The van der Waals surface area contributed by atoms with Crippen molar-refractivity contribution in [3.05, 3.63) is 24.0 Å². The number of imidazole rings is 1. The van der Waals surface area contributed by atoms with Crippen LogP contribution in [0.4, 0.5) is 0 Å². The van der Waals surface area contributed by atoms with Crippen molar-refractivity contribution in [3.63, 3.8) is 0 Å². The van der Waals surface area contributed by atoms with E-state index in [0.717, 1.165) is 22.6 Å². The van der Waals surface area contributed by atoms with E-state index < -0.39 is 0 Å². The molecule has 18 heavy (non-hydrogen) atoms. The third-order valence-electron chi connectivity index (χ3n) is 3.56. The number of aryl methyl sites for hydroxylation is 1. The summed E-state index contributed by atoms with van der Waals surface area (Å²) in [7, 11) is 3.79. The van der Waals surface area contributed by atoms with Crippen LogP contribution in [0.2, 0.25) is 0 Å². The number of hydrogen-bond donors (Lipinski definition) is 0. The van der Waals surface area contributed by atoms with Crippen LogP contribution in [0.5, 0.6) is 5.75 Å². The zero-order valence-corrected chi connectivity index (χ0v) is 11.7. The van der Waals surface area contributed by atoms with Gasteiger partial charge in [0, 0.05) is 13.0 Å². The Morgan fingerprint density at radius 3 is 2.83 bits per heavy atom. The first-order valence-electron chi connectivity index (χ1n) is 6.68. The van der Waals surface area contributed by atoms with E-state index in [2.05, 4.69) is 31.5 Å². The molecule has 0 saturated heterocycles. The molecular formula is C15H22N2O. The summed E-state index contributed by atoms with van der Waals surface area (Å²) in [4.78, 5) is 4.77. The molecule has 0 N–H and O–H groups in total. The van der Waals surface area contributed by atoms with Gasteiger partial charge in [-0.3, -0.25) is 0 Å². The van der Waals surface area contributed by atoms with Crippen LogP contribution in [0.3, 0.4) is 0 Å². The smallest absolute Gasteiger partial charge is 0.146 e. The predicted octanol–water partition coefficient (Wildman–Crippen LogP) is 3.88. The van der Waals surface area contributed by atoms with Gasteiger partial charge in [0.25, 0.3) is 0 Å². The molecule has 1 aromatic carbocycles. The van der Waals surface area contributed by atoms with Crippen molar-refractivity contribution in [2.75, 3.05) is 7.11 Å². The molecule has 98 valence electrons. The Balaban J connectivity index is 2.43. The fraction of sp³-hybridized carbons (Fsp3) is 0.533. The lowest BCUT2D eigenvalue weighted by Crippen LogP contribution is -2.03. The van der Waals surface area contributed by atoms with Crippen molar-refractivity contribution in [1.29, 1.82) is 0 Å². The van der Waals surface area contributed by atoms with Crippen molar-refractivity contribution in [1.82, 2.24) is 9.55 Å². The van der Waals surface area contributed by atoms with E-state index in [1.54, 1.807) is 7.11 Å². The number of methoxy groups -OCH3 is 1. The zero-order valence-electron chi connectivity index (χ0n) is 11.7. The Labute approximate surface area is 109 Å². The molecule has 0 radical (unpaired) electrons. The van der Waals surface area contributed by atoms with Crippen molar-refractivity contribution in [2.24, 2.45) is 7.05 Å². The Hall–Kier alpha value is -1.51. The van der Waals surface area contributed by atoms with Crippen LogP contribution in [0, 0.1) is 0 Å². The number of rotatable bonds is 5. The first-order valence-corrected chi connectivity index (χ1v) is 6.68. The summed E-state index contributed by atoms with van der Waals surface area (Å²) >= 11 is 0. The molecule has 0 saturated carbocycles. The van der Waals surface area contributed by atoms with Crippen LogP contribution in [0.25, 0.3) is 11.0 Å². The lowest BCUT2D eigenvalue weighted by atomic mass is 10.0. The number of benzene rings is 1. The minimum atomic E-state index is 0.493. The summed E-state index contributed by atoms with van der Waals surface area (Å²) in [5.74, 6) is 2.51. The molecule has 1 heterocycles. The van der Waals surface area contributed by atoms with Crippen LogP contribution in [-0.4, -0.2) is 16.7 Å². The van der Waals surface area contributed by atoms with E-state index in [1.807, 2.05) is 12.1 Å². The van der Waals surface area contributed by atoms with E-state index in [0.29, 0.717) is 5.92 Å². The van der Waals surface area contributed by atoms with E-state index in [1.165, 1.54) is 19.3 Å². The monoisotopic (exact) mass is 246 g/mol. The number of ether oxygens (including phenoxy) is 1. The standard InChI is InChI=1S/C15H22N2O/c1-5-6-8-11(2)15-16-14-12(17(15)3)9-7-10-13(14)18-4/h7,9-11H,5-6,8H2,1-4H3/t11-/m0/s1. The minimum Gasteiger partial charge on any atom is -0.494 e. The molecule has 0 unspecified atom stereocenters. The fourth-order valence-corrected chi connectivity index (χ4v) is 2.45. The average Bonchev–Trinajstić information content (AvgIpc) is 2.73. The Morgan fingerprint density at radius 1 is 1.39 bits per heavy atom. The highest BCUT2D eigenvalue weighted by Crippen LogP contribution is 2.29. The van der Waals surface area contributed by atoms with Gasteiger partial charge in [-0.2, -0.15) is 0 Å². The van der Waals surface area contributed by atoms with E-state index >= 15 is 0 Å². The van der Waals surface area contributed by atoms with Crippen LogP contribution in [0.1, 0.15) is 44.9 Å². The molecule has 0 aliphatic rings. The molecule has 3 heteroatoms. The fourth-order valence-electron chi connectivity index (χ4n) is 2.45. The lowest BCUT2D eigenvalue weighted by molar-refractivity contribution is 0.419. The molecule has 0 aliphatic carbocycles. The van der Waals surface area contributed by atoms with Gasteiger partial charge in [0.1, 0.15) is 17.1 Å². The Bertz CT molecular complexity index is 531. The zero-order chi connectivity index (χ0) is 13.1. The highest BCUT2D eigenvalue weighted by molar-refractivity contribution is 5.82. The molecule has 2 aromatic rings. The molecule has 1 atom stereocenters.